The molecule has 1 aromatic rings. The number of aliphatic imine (C=N–C) groups is 1. The van der Waals surface area contributed by atoms with Gasteiger partial charge in [0.15, 0.2) is 5.96 Å². The highest BCUT2D eigenvalue weighted by Gasteiger charge is 2.15. The fraction of sp³-hybridized carbons (Fsp3) is 0.600. The minimum atomic E-state index is -3.53. The van der Waals surface area contributed by atoms with Gasteiger partial charge in [-0.15, -0.1) is 24.0 Å². The lowest BCUT2D eigenvalue weighted by Gasteiger charge is -2.13. The molecule has 0 amide bonds. The van der Waals surface area contributed by atoms with Gasteiger partial charge in [-0.2, -0.15) is 0 Å². The first-order valence-electron chi connectivity index (χ1n) is 8.15. The fourth-order valence-corrected chi connectivity index (χ4v) is 3.27. The summed E-state index contributed by atoms with van der Waals surface area (Å²) in [5.74, 6) is 0.661. The Bertz CT molecular complexity index is 621. The number of sulfonamides is 1. The number of hydrogen-bond donors (Lipinski definition) is 3. The Hall–Kier alpha value is -0.980. The molecule has 1 fully saturated rings. The molecule has 8 nitrogen and oxygen atoms in total. The summed E-state index contributed by atoms with van der Waals surface area (Å²) in [4.78, 5) is 8.44. The minimum absolute atomic E-state index is 0. The molecule has 1 aromatic heterocycles. The zero-order valence-corrected chi connectivity index (χ0v) is 17.4. The lowest BCUT2D eigenvalue weighted by Crippen LogP contribution is -2.42. The summed E-state index contributed by atoms with van der Waals surface area (Å²) in [6.07, 6.45) is 5.16. The van der Waals surface area contributed by atoms with Crippen LogP contribution in [0.2, 0.25) is 0 Å². The van der Waals surface area contributed by atoms with Crippen LogP contribution in [0.5, 0.6) is 0 Å². The standard InChI is InChI=1S/C15H25N5O3S.HI/c1-2-17-15(19-11-13-5-4-10-23-13)18-8-9-20-24(21,22)14-6-3-7-16-12-14;/h3,6-7,12-13,20H,2,4-5,8-11H2,1H3,(H2,17,18,19);1H. The van der Waals surface area contributed by atoms with Crippen molar-refractivity contribution in [3.63, 3.8) is 0 Å². The molecule has 1 aliphatic heterocycles. The van der Waals surface area contributed by atoms with Gasteiger partial charge >= 0.3 is 0 Å². The maximum absolute atomic E-state index is 12.1. The van der Waals surface area contributed by atoms with E-state index in [1.807, 2.05) is 6.92 Å². The van der Waals surface area contributed by atoms with Crippen LogP contribution in [0.4, 0.5) is 0 Å². The van der Waals surface area contributed by atoms with Crippen molar-refractivity contribution in [2.24, 2.45) is 4.99 Å². The van der Waals surface area contributed by atoms with E-state index in [2.05, 4.69) is 25.3 Å². The van der Waals surface area contributed by atoms with Crippen LogP contribution in [0.1, 0.15) is 19.8 Å². The van der Waals surface area contributed by atoms with E-state index < -0.39 is 10.0 Å². The van der Waals surface area contributed by atoms with E-state index >= 15 is 0 Å². The van der Waals surface area contributed by atoms with Crippen molar-refractivity contribution < 1.29 is 13.2 Å². The summed E-state index contributed by atoms with van der Waals surface area (Å²) in [7, 11) is -3.53. The molecule has 0 spiro atoms. The summed E-state index contributed by atoms with van der Waals surface area (Å²) in [6, 6.07) is 3.10. The molecule has 1 unspecified atom stereocenters. The highest BCUT2D eigenvalue weighted by Crippen LogP contribution is 2.11. The Labute approximate surface area is 166 Å². The quantitative estimate of drug-likeness (QED) is 0.218. The average Bonchev–Trinajstić information content (AvgIpc) is 3.11. The number of aromatic nitrogens is 1. The normalized spacial score (nSPS) is 17.8. The van der Waals surface area contributed by atoms with Gasteiger partial charge in [0, 0.05) is 38.6 Å². The molecular weight excluding hydrogens is 457 g/mol. The van der Waals surface area contributed by atoms with Crippen LogP contribution >= 0.6 is 24.0 Å². The number of nitrogens with zero attached hydrogens (tertiary/aromatic N) is 2. The van der Waals surface area contributed by atoms with Gasteiger partial charge in [-0.25, -0.2) is 13.1 Å². The molecule has 0 bridgehead atoms. The highest BCUT2D eigenvalue weighted by molar-refractivity contribution is 14.0. The second-order valence-electron chi connectivity index (χ2n) is 5.37. The molecule has 0 aliphatic carbocycles. The van der Waals surface area contributed by atoms with Crippen LogP contribution < -0.4 is 15.4 Å². The van der Waals surface area contributed by atoms with Gasteiger partial charge in [-0.3, -0.25) is 9.98 Å². The SMILES string of the molecule is CCNC(=NCC1CCCO1)NCCNS(=O)(=O)c1cccnc1.I. The van der Waals surface area contributed by atoms with Gasteiger partial charge in [0.05, 0.1) is 12.6 Å². The summed E-state index contributed by atoms with van der Waals surface area (Å²) in [6.45, 7) is 4.81. The zero-order valence-electron chi connectivity index (χ0n) is 14.3. The van der Waals surface area contributed by atoms with E-state index in [1.54, 1.807) is 6.07 Å². The molecule has 1 atom stereocenters. The lowest BCUT2D eigenvalue weighted by atomic mass is 10.2. The summed E-state index contributed by atoms with van der Waals surface area (Å²) in [5, 5.41) is 6.24. The van der Waals surface area contributed by atoms with E-state index in [-0.39, 0.29) is 41.5 Å². The van der Waals surface area contributed by atoms with Crippen molar-refractivity contribution in [1.82, 2.24) is 20.3 Å². The van der Waals surface area contributed by atoms with Crippen molar-refractivity contribution in [1.29, 1.82) is 0 Å². The van der Waals surface area contributed by atoms with E-state index in [4.69, 9.17) is 4.74 Å². The van der Waals surface area contributed by atoms with Crippen molar-refractivity contribution in [2.75, 3.05) is 32.8 Å². The van der Waals surface area contributed by atoms with E-state index in [9.17, 15) is 8.42 Å². The van der Waals surface area contributed by atoms with Crippen molar-refractivity contribution in [3.05, 3.63) is 24.5 Å². The Morgan fingerprint density at radius 2 is 2.24 bits per heavy atom. The maximum atomic E-state index is 12.1. The van der Waals surface area contributed by atoms with Crippen LogP contribution in [0.25, 0.3) is 0 Å². The number of halogens is 1. The smallest absolute Gasteiger partial charge is 0.242 e. The van der Waals surface area contributed by atoms with Gasteiger partial charge in [-0.1, -0.05) is 0 Å². The summed E-state index contributed by atoms with van der Waals surface area (Å²) in [5.41, 5.74) is 0. The van der Waals surface area contributed by atoms with Gasteiger partial charge < -0.3 is 15.4 Å². The largest absolute Gasteiger partial charge is 0.376 e. The van der Waals surface area contributed by atoms with E-state index in [1.165, 1.54) is 18.5 Å². The van der Waals surface area contributed by atoms with E-state index in [0.29, 0.717) is 19.0 Å². The second-order valence-corrected chi connectivity index (χ2v) is 7.13. The monoisotopic (exact) mass is 483 g/mol. The Morgan fingerprint density at radius 1 is 1.40 bits per heavy atom. The van der Waals surface area contributed by atoms with Crippen LogP contribution in [-0.2, 0) is 14.8 Å². The van der Waals surface area contributed by atoms with Crippen LogP contribution in [0.15, 0.2) is 34.4 Å². The third-order valence-electron chi connectivity index (χ3n) is 3.48. The molecule has 0 aromatic carbocycles. The molecular formula is C15H26IN5O3S. The third-order valence-corrected chi connectivity index (χ3v) is 4.92. The summed E-state index contributed by atoms with van der Waals surface area (Å²) >= 11 is 0. The van der Waals surface area contributed by atoms with Crippen molar-refractivity contribution >= 4 is 40.0 Å². The molecule has 142 valence electrons. The van der Waals surface area contributed by atoms with Crippen LogP contribution in [0, 0.1) is 0 Å². The maximum Gasteiger partial charge on any atom is 0.242 e. The van der Waals surface area contributed by atoms with Crippen LogP contribution in [0.3, 0.4) is 0 Å². The Balaban J connectivity index is 0.00000312. The lowest BCUT2D eigenvalue weighted by molar-refractivity contribution is 0.117. The third kappa shape index (κ3) is 7.84. The number of hydrogen-bond acceptors (Lipinski definition) is 5. The number of guanidine groups is 1. The van der Waals surface area contributed by atoms with Crippen LogP contribution in [-0.4, -0.2) is 58.3 Å². The molecule has 2 heterocycles. The predicted octanol–water partition coefficient (Wildman–Crippen LogP) is 0.712. The first-order valence-corrected chi connectivity index (χ1v) is 9.63. The molecule has 1 aliphatic rings. The molecule has 25 heavy (non-hydrogen) atoms. The zero-order chi connectivity index (χ0) is 17.3. The molecule has 0 saturated carbocycles. The van der Waals surface area contributed by atoms with E-state index in [0.717, 1.165) is 26.0 Å². The molecule has 3 N–H and O–H groups in total. The van der Waals surface area contributed by atoms with Gasteiger partial charge in [-0.05, 0) is 31.9 Å². The average molecular weight is 483 g/mol. The molecule has 2 rings (SSSR count). The molecule has 0 radical (unpaired) electrons. The van der Waals surface area contributed by atoms with Gasteiger partial charge in [0.1, 0.15) is 4.90 Å². The number of pyridine rings is 1. The topological polar surface area (TPSA) is 105 Å². The Morgan fingerprint density at radius 3 is 2.88 bits per heavy atom. The minimum Gasteiger partial charge on any atom is -0.376 e. The Kier molecular flexibility index (Phi) is 10.2. The first kappa shape index (κ1) is 22.1. The van der Waals surface area contributed by atoms with Gasteiger partial charge in [0.2, 0.25) is 10.0 Å². The molecule has 10 heteroatoms. The molecule has 1 saturated heterocycles. The number of ether oxygens (including phenoxy) is 1. The fourth-order valence-electron chi connectivity index (χ4n) is 2.28. The van der Waals surface area contributed by atoms with Gasteiger partial charge in [0.25, 0.3) is 0 Å². The van der Waals surface area contributed by atoms with Crippen molar-refractivity contribution in [3.8, 4) is 0 Å². The summed E-state index contributed by atoms with van der Waals surface area (Å²) < 4.78 is 32.2. The van der Waals surface area contributed by atoms with Crippen molar-refractivity contribution in [2.45, 2.75) is 30.8 Å². The number of rotatable bonds is 8. The highest BCUT2D eigenvalue weighted by atomic mass is 127. The number of nitrogens with one attached hydrogen (secondary N) is 3. The predicted molar refractivity (Wildman–Crippen MR) is 108 cm³/mol. The first-order chi connectivity index (χ1) is 11.6. The second kappa shape index (κ2) is 11.6.